The Labute approximate surface area is 208 Å². The van der Waals surface area contributed by atoms with Crippen molar-refractivity contribution in [1.82, 2.24) is 9.55 Å². The van der Waals surface area contributed by atoms with Gasteiger partial charge in [-0.25, -0.2) is 14.2 Å². The predicted octanol–water partition coefficient (Wildman–Crippen LogP) is 4.47. The molecule has 0 saturated carbocycles. The van der Waals surface area contributed by atoms with Crippen LogP contribution in [0.5, 0.6) is 5.88 Å². The molecule has 190 valence electrons. The summed E-state index contributed by atoms with van der Waals surface area (Å²) in [5.74, 6) is -0.572. The van der Waals surface area contributed by atoms with Gasteiger partial charge in [0.25, 0.3) is 5.56 Å². The number of nitrogens with zero attached hydrogens (tertiary/aromatic N) is 1. The summed E-state index contributed by atoms with van der Waals surface area (Å²) >= 11 is 0. The lowest BCUT2D eigenvalue weighted by molar-refractivity contribution is -0.154. The van der Waals surface area contributed by atoms with Crippen LogP contribution in [-0.2, 0) is 14.3 Å². The maximum absolute atomic E-state index is 13.3. The lowest BCUT2D eigenvalue weighted by Gasteiger charge is -2.20. The number of ether oxygens (including phenoxy) is 3. The molecule has 0 saturated heterocycles. The van der Waals surface area contributed by atoms with Crippen molar-refractivity contribution in [2.24, 2.45) is 5.41 Å². The first-order valence-electron chi connectivity index (χ1n) is 11.8. The molecule has 1 aromatic heterocycles. The number of rotatable bonds is 10. The van der Waals surface area contributed by atoms with E-state index in [-0.39, 0.29) is 30.6 Å². The highest BCUT2D eigenvalue weighted by Crippen LogP contribution is 2.24. The number of H-pyrrole nitrogens is 1. The number of hydrogen-bond donors (Lipinski definition) is 1. The Kier molecular flexibility index (Phi) is 8.83. The predicted molar refractivity (Wildman–Crippen MR) is 134 cm³/mol. The molecule has 0 aliphatic heterocycles. The summed E-state index contributed by atoms with van der Waals surface area (Å²) in [6.45, 7) is 5.78. The second-order valence-electron chi connectivity index (χ2n) is 8.76. The van der Waals surface area contributed by atoms with Crippen LogP contribution in [0.15, 0.2) is 70.3 Å². The largest absolute Gasteiger partial charge is 0.515 e. The first-order valence-corrected chi connectivity index (χ1v) is 11.8. The molecule has 0 radical (unpaired) electrons. The van der Waals surface area contributed by atoms with Crippen LogP contribution in [0.1, 0.15) is 40.0 Å². The highest BCUT2D eigenvalue weighted by Gasteiger charge is 2.26. The minimum absolute atomic E-state index is 0.0134. The first kappa shape index (κ1) is 26.5. The van der Waals surface area contributed by atoms with Crippen molar-refractivity contribution in [1.29, 1.82) is 0 Å². The Morgan fingerprint density at radius 3 is 2.08 bits per heavy atom. The summed E-state index contributed by atoms with van der Waals surface area (Å²) in [6.07, 6.45) is 0.540. The summed E-state index contributed by atoms with van der Waals surface area (Å²) < 4.78 is 16.6. The van der Waals surface area contributed by atoms with Crippen LogP contribution >= 0.6 is 0 Å². The smallest absolute Gasteiger partial charge is 0.465 e. The number of nitrogens with one attached hydrogen (secondary N) is 1. The van der Waals surface area contributed by atoms with Crippen molar-refractivity contribution < 1.29 is 23.8 Å². The third kappa shape index (κ3) is 6.50. The van der Waals surface area contributed by atoms with Crippen molar-refractivity contribution in [3.8, 4) is 22.7 Å². The van der Waals surface area contributed by atoms with Crippen molar-refractivity contribution >= 4 is 12.1 Å². The molecule has 3 rings (SSSR count). The van der Waals surface area contributed by atoms with Crippen molar-refractivity contribution in [3.63, 3.8) is 0 Å². The molecular weight excluding hydrogens is 464 g/mol. The van der Waals surface area contributed by atoms with Gasteiger partial charge in [-0.05, 0) is 50.8 Å². The molecule has 1 heterocycles. The number of esters is 1. The fourth-order valence-electron chi connectivity index (χ4n) is 3.24. The van der Waals surface area contributed by atoms with Crippen molar-refractivity contribution in [2.45, 2.75) is 40.0 Å². The second-order valence-corrected chi connectivity index (χ2v) is 8.76. The zero-order valence-electron chi connectivity index (χ0n) is 20.6. The summed E-state index contributed by atoms with van der Waals surface area (Å²) in [6, 6.07) is 17.0. The minimum atomic E-state index is -1.07. The Bertz CT molecular complexity index is 1300. The molecule has 0 unspecified atom stereocenters. The summed E-state index contributed by atoms with van der Waals surface area (Å²) in [5.41, 5.74) is -1.09. The topological polar surface area (TPSA) is 117 Å². The molecule has 0 amide bonds. The van der Waals surface area contributed by atoms with E-state index < -0.39 is 22.8 Å². The lowest BCUT2D eigenvalue weighted by atomic mass is 9.91. The van der Waals surface area contributed by atoms with Crippen molar-refractivity contribution in [3.05, 3.63) is 81.5 Å². The number of para-hydroxylation sites is 1. The highest BCUT2D eigenvalue weighted by molar-refractivity contribution is 5.75. The van der Waals surface area contributed by atoms with E-state index in [1.165, 1.54) is 0 Å². The number of unbranched alkanes of at least 4 members (excludes halogenated alkanes) is 1. The quantitative estimate of drug-likeness (QED) is 0.326. The Balaban J connectivity index is 1.69. The van der Waals surface area contributed by atoms with E-state index in [1.807, 2.05) is 20.8 Å². The summed E-state index contributed by atoms with van der Waals surface area (Å²) in [7, 11) is 0. The molecular formula is C27H30N2O7. The fourth-order valence-corrected chi connectivity index (χ4v) is 3.24. The van der Waals surface area contributed by atoms with Gasteiger partial charge >= 0.3 is 17.8 Å². The van der Waals surface area contributed by atoms with Gasteiger partial charge in [0.05, 0.1) is 24.3 Å². The molecule has 9 nitrogen and oxygen atoms in total. The number of aromatic amines is 1. The maximum atomic E-state index is 13.3. The number of hydrogen-bond acceptors (Lipinski definition) is 7. The minimum Gasteiger partial charge on any atom is -0.465 e. The molecule has 1 N–H and O–H groups in total. The van der Waals surface area contributed by atoms with Crippen LogP contribution in [-0.4, -0.2) is 34.9 Å². The molecule has 0 fully saturated rings. The van der Waals surface area contributed by atoms with Crippen LogP contribution < -0.4 is 16.0 Å². The van der Waals surface area contributed by atoms with E-state index in [0.29, 0.717) is 30.5 Å². The third-order valence-corrected chi connectivity index (χ3v) is 5.76. The standard InChI is InChI=1S/C27H30N2O7/c1-4-27(2,3)24(31)34-17-11-12-18-35-26(33)36-22-21(19-13-7-5-8-14-19)23(30)29(25(32)28-22)20-15-9-6-10-16-20/h5-10,13-16H,4,11-12,17-18H2,1-3H3,(H,28,32). The van der Waals surface area contributed by atoms with Gasteiger partial charge < -0.3 is 14.2 Å². The van der Waals surface area contributed by atoms with Gasteiger partial charge in [-0.2, -0.15) is 0 Å². The summed E-state index contributed by atoms with van der Waals surface area (Å²) in [4.78, 5) is 52.9. The van der Waals surface area contributed by atoms with E-state index in [9.17, 15) is 19.2 Å². The molecule has 0 atom stereocenters. The normalized spacial score (nSPS) is 11.1. The van der Waals surface area contributed by atoms with Gasteiger partial charge in [0.15, 0.2) is 0 Å². The van der Waals surface area contributed by atoms with E-state index >= 15 is 0 Å². The first-order chi connectivity index (χ1) is 17.2. The van der Waals surface area contributed by atoms with Gasteiger partial charge in [-0.1, -0.05) is 55.5 Å². The molecule has 2 aromatic carbocycles. The second kappa shape index (κ2) is 12.0. The zero-order valence-corrected chi connectivity index (χ0v) is 20.6. The fraction of sp³-hybridized carbons (Fsp3) is 0.333. The average molecular weight is 495 g/mol. The summed E-state index contributed by atoms with van der Waals surface area (Å²) in [5, 5.41) is 0. The van der Waals surface area contributed by atoms with Crippen LogP contribution in [0.2, 0.25) is 0 Å². The molecule has 9 heteroatoms. The van der Waals surface area contributed by atoms with E-state index in [0.717, 1.165) is 4.57 Å². The molecule has 0 spiro atoms. The van der Waals surface area contributed by atoms with Crippen molar-refractivity contribution in [2.75, 3.05) is 13.2 Å². The lowest BCUT2D eigenvalue weighted by Crippen LogP contribution is -2.35. The highest BCUT2D eigenvalue weighted by atomic mass is 16.7. The van der Waals surface area contributed by atoms with Gasteiger partial charge in [0, 0.05) is 0 Å². The Morgan fingerprint density at radius 1 is 0.889 bits per heavy atom. The molecule has 0 aliphatic carbocycles. The number of carbonyl (C=O) groups is 2. The monoisotopic (exact) mass is 494 g/mol. The molecule has 36 heavy (non-hydrogen) atoms. The Hall–Kier alpha value is -4.14. The average Bonchev–Trinajstić information content (AvgIpc) is 2.87. The van der Waals surface area contributed by atoms with Crippen LogP contribution in [0.3, 0.4) is 0 Å². The number of benzene rings is 2. The van der Waals surface area contributed by atoms with Gasteiger partial charge in [0.1, 0.15) is 5.56 Å². The van der Waals surface area contributed by atoms with E-state index in [2.05, 4.69) is 4.98 Å². The SMILES string of the molecule is CCC(C)(C)C(=O)OCCCCOC(=O)Oc1[nH]c(=O)n(-c2ccccc2)c(=O)c1-c1ccccc1. The Morgan fingerprint density at radius 2 is 1.47 bits per heavy atom. The molecule has 0 aliphatic rings. The van der Waals surface area contributed by atoms with Gasteiger partial charge in [0.2, 0.25) is 5.88 Å². The van der Waals surface area contributed by atoms with E-state index in [4.69, 9.17) is 14.2 Å². The van der Waals surface area contributed by atoms with Gasteiger partial charge in [-0.15, -0.1) is 0 Å². The maximum Gasteiger partial charge on any atom is 0.515 e. The number of carbonyl (C=O) groups excluding carboxylic acids is 2. The molecule has 3 aromatic rings. The van der Waals surface area contributed by atoms with Gasteiger partial charge in [-0.3, -0.25) is 14.6 Å². The number of aromatic nitrogens is 2. The van der Waals surface area contributed by atoms with Crippen LogP contribution in [0, 0.1) is 5.41 Å². The van der Waals surface area contributed by atoms with E-state index in [1.54, 1.807) is 60.7 Å². The van der Waals surface area contributed by atoms with Crippen LogP contribution in [0.4, 0.5) is 4.79 Å². The van der Waals surface area contributed by atoms with Crippen LogP contribution in [0.25, 0.3) is 16.8 Å². The zero-order chi connectivity index (χ0) is 26.1. The molecule has 0 bridgehead atoms. The third-order valence-electron chi connectivity index (χ3n) is 5.76.